The summed E-state index contributed by atoms with van der Waals surface area (Å²) in [6.45, 7) is 2.39. The van der Waals surface area contributed by atoms with Crippen LogP contribution in [-0.2, 0) is 0 Å². The van der Waals surface area contributed by atoms with E-state index in [-0.39, 0.29) is 6.10 Å². The molecular weight excluding hydrogens is 152 g/mol. The molecule has 0 bridgehead atoms. The van der Waals surface area contributed by atoms with Crippen molar-refractivity contribution in [3.05, 3.63) is 0 Å². The Bertz CT molecular complexity index is 157. The van der Waals surface area contributed by atoms with Crippen LogP contribution in [0.15, 0.2) is 0 Å². The second-order valence-corrected chi connectivity index (χ2v) is 4.24. The van der Waals surface area contributed by atoms with Gasteiger partial charge in [0.25, 0.3) is 0 Å². The van der Waals surface area contributed by atoms with Crippen LogP contribution >= 0.6 is 0 Å². The Hall–Kier alpha value is -0.120. The summed E-state index contributed by atoms with van der Waals surface area (Å²) in [5.41, 5.74) is 0. The van der Waals surface area contributed by atoms with Crippen molar-refractivity contribution in [2.45, 2.75) is 37.5 Å². The lowest BCUT2D eigenvalue weighted by atomic mass is 9.89. The van der Waals surface area contributed by atoms with Gasteiger partial charge in [-0.1, -0.05) is 0 Å². The average Bonchev–Trinajstić information content (AvgIpc) is 2.33. The molecule has 1 heterocycles. The van der Waals surface area contributed by atoms with Crippen molar-refractivity contribution in [2.24, 2.45) is 0 Å². The minimum absolute atomic E-state index is 0.0263. The molecule has 0 aromatic rings. The van der Waals surface area contributed by atoms with E-state index in [0.717, 1.165) is 12.8 Å². The first-order chi connectivity index (χ1) is 5.74. The lowest BCUT2D eigenvalue weighted by Gasteiger charge is -2.34. The first-order valence-corrected chi connectivity index (χ1v) is 4.86. The minimum Gasteiger partial charge on any atom is -0.393 e. The Labute approximate surface area is 73.8 Å². The van der Waals surface area contributed by atoms with Crippen molar-refractivity contribution in [3.63, 3.8) is 0 Å². The molecule has 0 spiro atoms. The maximum atomic E-state index is 9.09. The monoisotopic (exact) mass is 170 g/mol. The Morgan fingerprint density at radius 2 is 2.08 bits per heavy atom. The quantitative estimate of drug-likeness (QED) is 0.602. The Morgan fingerprint density at radius 1 is 1.33 bits per heavy atom. The Balaban J connectivity index is 1.67. The molecule has 0 amide bonds. The first kappa shape index (κ1) is 8.48. The van der Waals surface area contributed by atoms with Crippen molar-refractivity contribution in [1.29, 1.82) is 0 Å². The number of nitrogens with zero attached hydrogens (tertiary/aromatic N) is 1. The second kappa shape index (κ2) is 3.32. The summed E-state index contributed by atoms with van der Waals surface area (Å²) in [4.78, 5) is 2.35. The molecule has 70 valence electrons. The second-order valence-electron chi connectivity index (χ2n) is 4.24. The van der Waals surface area contributed by atoms with Gasteiger partial charge in [-0.15, -0.1) is 0 Å². The third-order valence-corrected chi connectivity index (χ3v) is 2.98. The predicted octanol–water partition coefficient (Wildman–Crippen LogP) is -0.197. The summed E-state index contributed by atoms with van der Waals surface area (Å²) in [6, 6.07) is 1.27. The molecule has 2 fully saturated rings. The van der Waals surface area contributed by atoms with Gasteiger partial charge in [-0.25, -0.2) is 0 Å². The highest BCUT2D eigenvalue weighted by atomic mass is 16.3. The van der Waals surface area contributed by atoms with E-state index in [9.17, 15) is 0 Å². The SMILES string of the molecule is CN1CC[C@H](N[C@H]2C[C@H](O)C2)C1. The molecule has 1 saturated heterocycles. The van der Waals surface area contributed by atoms with Gasteiger partial charge in [-0.3, -0.25) is 0 Å². The lowest BCUT2D eigenvalue weighted by molar-refractivity contribution is 0.0582. The van der Waals surface area contributed by atoms with Gasteiger partial charge < -0.3 is 15.3 Å². The molecule has 0 aromatic heterocycles. The topological polar surface area (TPSA) is 35.5 Å². The van der Waals surface area contributed by atoms with E-state index >= 15 is 0 Å². The van der Waals surface area contributed by atoms with E-state index in [4.69, 9.17) is 5.11 Å². The number of likely N-dealkylation sites (N-methyl/N-ethyl adjacent to an activating group) is 1. The molecule has 0 aromatic carbocycles. The van der Waals surface area contributed by atoms with Crippen LogP contribution in [0.3, 0.4) is 0 Å². The molecule has 1 atom stereocenters. The number of aliphatic hydroxyl groups is 1. The van der Waals surface area contributed by atoms with Crippen LogP contribution in [0.1, 0.15) is 19.3 Å². The van der Waals surface area contributed by atoms with Crippen molar-refractivity contribution in [2.75, 3.05) is 20.1 Å². The maximum Gasteiger partial charge on any atom is 0.0570 e. The third-order valence-electron chi connectivity index (χ3n) is 2.98. The molecule has 0 unspecified atom stereocenters. The van der Waals surface area contributed by atoms with Crippen LogP contribution in [0, 0.1) is 0 Å². The molecule has 1 aliphatic carbocycles. The standard InChI is InChI=1S/C9H18N2O/c1-11-3-2-7(6-11)10-8-4-9(12)5-8/h7-10,12H,2-6H2,1H3/t7-,8-,9-/m0/s1. The van der Waals surface area contributed by atoms with Gasteiger partial charge in [-0.05, 0) is 32.9 Å². The van der Waals surface area contributed by atoms with Gasteiger partial charge in [0.2, 0.25) is 0 Å². The number of hydrogen-bond donors (Lipinski definition) is 2. The van der Waals surface area contributed by atoms with E-state index in [1.165, 1.54) is 19.5 Å². The highest BCUT2D eigenvalue weighted by Crippen LogP contribution is 2.21. The molecule has 1 saturated carbocycles. The van der Waals surface area contributed by atoms with Crippen LogP contribution in [0.5, 0.6) is 0 Å². The summed E-state index contributed by atoms with van der Waals surface area (Å²) in [5.74, 6) is 0. The Morgan fingerprint density at radius 3 is 2.58 bits per heavy atom. The van der Waals surface area contributed by atoms with Gasteiger partial charge >= 0.3 is 0 Å². The van der Waals surface area contributed by atoms with Crippen LogP contribution in [-0.4, -0.2) is 48.3 Å². The number of hydrogen-bond acceptors (Lipinski definition) is 3. The summed E-state index contributed by atoms with van der Waals surface area (Å²) < 4.78 is 0. The van der Waals surface area contributed by atoms with Crippen molar-refractivity contribution < 1.29 is 5.11 Å². The number of likely N-dealkylation sites (tertiary alicyclic amines) is 1. The van der Waals surface area contributed by atoms with Crippen molar-refractivity contribution >= 4 is 0 Å². The van der Waals surface area contributed by atoms with E-state index in [2.05, 4.69) is 17.3 Å². The molecule has 3 heteroatoms. The first-order valence-electron chi connectivity index (χ1n) is 4.86. The number of aliphatic hydroxyl groups excluding tert-OH is 1. The number of rotatable bonds is 2. The molecule has 3 nitrogen and oxygen atoms in total. The van der Waals surface area contributed by atoms with Gasteiger partial charge in [-0.2, -0.15) is 0 Å². The summed E-state index contributed by atoms with van der Waals surface area (Å²) >= 11 is 0. The van der Waals surface area contributed by atoms with E-state index in [1.807, 2.05) is 0 Å². The smallest absolute Gasteiger partial charge is 0.0570 e. The summed E-state index contributed by atoms with van der Waals surface area (Å²) in [5, 5.41) is 12.7. The highest BCUT2D eigenvalue weighted by Gasteiger charge is 2.30. The zero-order chi connectivity index (χ0) is 8.55. The average molecular weight is 170 g/mol. The molecular formula is C9H18N2O. The molecule has 0 radical (unpaired) electrons. The Kier molecular flexibility index (Phi) is 2.35. The van der Waals surface area contributed by atoms with Crippen LogP contribution < -0.4 is 5.32 Å². The van der Waals surface area contributed by atoms with E-state index in [0.29, 0.717) is 12.1 Å². The van der Waals surface area contributed by atoms with Crippen LogP contribution in [0.4, 0.5) is 0 Å². The molecule has 12 heavy (non-hydrogen) atoms. The summed E-state index contributed by atoms with van der Waals surface area (Å²) in [6.07, 6.45) is 3.16. The zero-order valence-electron chi connectivity index (χ0n) is 7.66. The van der Waals surface area contributed by atoms with Crippen molar-refractivity contribution in [1.82, 2.24) is 10.2 Å². The molecule has 1 aliphatic heterocycles. The lowest BCUT2D eigenvalue weighted by Crippen LogP contribution is -2.49. The van der Waals surface area contributed by atoms with E-state index < -0.39 is 0 Å². The van der Waals surface area contributed by atoms with Gasteiger partial charge in [0.05, 0.1) is 6.10 Å². The van der Waals surface area contributed by atoms with Gasteiger partial charge in [0.15, 0.2) is 0 Å². The van der Waals surface area contributed by atoms with Crippen LogP contribution in [0.2, 0.25) is 0 Å². The van der Waals surface area contributed by atoms with Crippen molar-refractivity contribution in [3.8, 4) is 0 Å². The third kappa shape index (κ3) is 1.79. The zero-order valence-corrected chi connectivity index (χ0v) is 7.66. The summed E-state index contributed by atoms with van der Waals surface area (Å²) in [7, 11) is 2.16. The van der Waals surface area contributed by atoms with Gasteiger partial charge in [0.1, 0.15) is 0 Å². The van der Waals surface area contributed by atoms with Crippen LogP contribution in [0.25, 0.3) is 0 Å². The molecule has 2 aliphatic rings. The number of nitrogens with one attached hydrogen (secondary N) is 1. The highest BCUT2D eigenvalue weighted by molar-refractivity contribution is 4.89. The predicted molar refractivity (Wildman–Crippen MR) is 48.1 cm³/mol. The van der Waals surface area contributed by atoms with E-state index in [1.54, 1.807) is 0 Å². The fourth-order valence-electron chi connectivity index (χ4n) is 2.13. The normalized spacial score (nSPS) is 43.0. The minimum atomic E-state index is -0.0263. The largest absolute Gasteiger partial charge is 0.393 e. The fraction of sp³-hybridized carbons (Fsp3) is 1.00. The maximum absolute atomic E-state index is 9.09. The molecule has 2 rings (SSSR count). The van der Waals surface area contributed by atoms with Gasteiger partial charge in [0, 0.05) is 18.6 Å². The fourth-order valence-corrected chi connectivity index (χ4v) is 2.13. The molecule has 2 N–H and O–H groups in total.